The van der Waals surface area contributed by atoms with Gasteiger partial charge in [0.25, 0.3) is 5.56 Å². The van der Waals surface area contributed by atoms with E-state index in [4.69, 9.17) is 6.42 Å². The summed E-state index contributed by atoms with van der Waals surface area (Å²) in [5.74, 6) is 2.66. The van der Waals surface area contributed by atoms with Gasteiger partial charge in [-0.3, -0.25) is 15.1 Å². The van der Waals surface area contributed by atoms with Gasteiger partial charge in [0.2, 0.25) is 0 Å². The summed E-state index contributed by atoms with van der Waals surface area (Å²) >= 11 is 0. The van der Waals surface area contributed by atoms with Gasteiger partial charge in [-0.05, 0) is 12.8 Å². The normalized spacial score (nSPS) is 17.0. The van der Waals surface area contributed by atoms with E-state index in [0.717, 1.165) is 12.8 Å². The third-order valence-electron chi connectivity index (χ3n) is 2.54. The quantitative estimate of drug-likeness (QED) is 0.572. The Hall–Kier alpha value is -1.80. The van der Waals surface area contributed by atoms with Crippen molar-refractivity contribution in [2.75, 3.05) is 0 Å². The lowest BCUT2D eigenvalue weighted by atomic mass is 10.2. The topological polar surface area (TPSA) is 77.8 Å². The van der Waals surface area contributed by atoms with Crippen LogP contribution in [0.4, 0.5) is 0 Å². The summed E-state index contributed by atoms with van der Waals surface area (Å²) < 4.78 is 0. The highest BCUT2D eigenvalue weighted by Crippen LogP contribution is 2.34. The lowest BCUT2D eigenvalue weighted by Gasteiger charge is -2.09. The lowest BCUT2D eigenvalue weighted by molar-refractivity contribution is 0.597. The number of H-pyrrole nitrogens is 2. The summed E-state index contributed by atoms with van der Waals surface area (Å²) in [6.07, 6.45) is 8.61. The van der Waals surface area contributed by atoms with E-state index in [0.29, 0.717) is 12.1 Å². The molecule has 0 aliphatic heterocycles. The smallest absolute Gasteiger partial charge is 0.314 e. The fourth-order valence-electron chi connectivity index (χ4n) is 1.33. The predicted octanol–water partition coefficient (Wildman–Crippen LogP) is -0.681. The second-order valence-corrected chi connectivity index (χ2v) is 3.68. The van der Waals surface area contributed by atoms with Gasteiger partial charge in [-0.2, -0.15) is 0 Å². The van der Waals surface area contributed by atoms with Crippen molar-refractivity contribution in [3.63, 3.8) is 0 Å². The first-order chi connectivity index (χ1) is 7.15. The molecule has 3 N–H and O–H groups in total. The summed E-state index contributed by atoms with van der Waals surface area (Å²) in [7, 11) is 0. The van der Waals surface area contributed by atoms with Crippen molar-refractivity contribution in [2.24, 2.45) is 0 Å². The van der Waals surface area contributed by atoms with E-state index in [-0.39, 0.29) is 11.1 Å². The van der Waals surface area contributed by atoms with Gasteiger partial charge in [0, 0.05) is 18.3 Å². The Morgan fingerprint density at radius 1 is 1.53 bits per heavy atom. The maximum absolute atomic E-state index is 11.3. The number of hydrogen-bond donors (Lipinski definition) is 3. The standard InChI is InChI=1S/C10H11N3O2/c1-2-10(3-4-10)12-6-7-5-11-9(15)13-8(7)14/h1,5,12H,3-4,6H2,(H2,11,13,14,15). The van der Waals surface area contributed by atoms with Crippen LogP contribution in [-0.4, -0.2) is 15.5 Å². The number of rotatable bonds is 3. The molecule has 1 aliphatic rings. The molecule has 1 heterocycles. The average molecular weight is 205 g/mol. The molecule has 5 nitrogen and oxygen atoms in total. The highest BCUT2D eigenvalue weighted by Gasteiger charge is 2.40. The van der Waals surface area contributed by atoms with Gasteiger partial charge in [-0.25, -0.2) is 4.79 Å². The Kier molecular flexibility index (Phi) is 2.21. The highest BCUT2D eigenvalue weighted by atomic mass is 16.2. The van der Waals surface area contributed by atoms with Crippen LogP contribution in [0, 0.1) is 12.3 Å². The van der Waals surface area contributed by atoms with E-state index >= 15 is 0 Å². The van der Waals surface area contributed by atoms with Crippen LogP contribution < -0.4 is 16.6 Å². The molecule has 0 radical (unpaired) electrons. The molecule has 1 aromatic rings. The van der Waals surface area contributed by atoms with Gasteiger partial charge in [0.15, 0.2) is 0 Å². The summed E-state index contributed by atoms with van der Waals surface area (Å²) in [5.41, 5.74) is -0.625. The number of aromatic nitrogens is 2. The molecule has 2 rings (SSSR count). The molecule has 0 spiro atoms. The third-order valence-corrected chi connectivity index (χ3v) is 2.54. The summed E-state index contributed by atoms with van der Waals surface area (Å²) in [6, 6.07) is 0. The van der Waals surface area contributed by atoms with Crippen molar-refractivity contribution < 1.29 is 0 Å². The molecule has 15 heavy (non-hydrogen) atoms. The first kappa shape index (κ1) is 9.74. The van der Waals surface area contributed by atoms with Crippen molar-refractivity contribution in [2.45, 2.75) is 24.9 Å². The molecule has 0 saturated heterocycles. The molecule has 0 unspecified atom stereocenters. The Balaban J connectivity index is 2.09. The van der Waals surface area contributed by atoms with E-state index in [2.05, 4.69) is 21.2 Å². The fourth-order valence-corrected chi connectivity index (χ4v) is 1.33. The minimum Gasteiger partial charge on any atom is -0.314 e. The maximum atomic E-state index is 11.3. The van der Waals surface area contributed by atoms with Crippen molar-refractivity contribution in [1.29, 1.82) is 0 Å². The van der Waals surface area contributed by atoms with E-state index in [9.17, 15) is 9.59 Å². The first-order valence-corrected chi connectivity index (χ1v) is 4.69. The molecule has 78 valence electrons. The van der Waals surface area contributed by atoms with E-state index in [1.165, 1.54) is 6.20 Å². The van der Waals surface area contributed by atoms with Crippen LogP contribution >= 0.6 is 0 Å². The van der Waals surface area contributed by atoms with Crippen molar-refractivity contribution in [3.05, 3.63) is 32.6 Å². The minimum atomic E-state index is -0.498. The Morgan fingerprint density at radius 2 is 2.27 bits per heavy atom. The van der Waals surface area contributed by atoms with E-state index < -0.39 is 5.69 Å². The zero-order valence-corrected chi connectivity index (χ0v) is 8.09. The average Bonchev–Trinajstić information content (AvgIpc) is 2.97. The molecule has 1 fully saturated rings. The molecule has 0 aromatic carbocycles. The SMILES string of the molecule is C#CC1(NCc2c[nH]c(=O)[nH]c2=O)CC1. The van der Waals surface area contributed by atoms with Gasteiger partial charge in [0.1, 0.15) is 0 Å². The van der Waals surface area contributed by atoms with Gasteiger partial charge in [-0.15, -0.1) is 6.42 Å². The zero-order chi connectivity index (χ0) is 10.9. The second-order valence-electron chi connectivity index (χ2n) is 3.68. The van der Waals surface area contributed by atoms with Crippen LogP contribution in [0.3, 0.4) is 0 Å². The monoisotopic (exact) mass is 205 g/mol. The molecule has 0 atom stereocenters. The maximum Gasteiger partial charge on any atom is 0.325 e. The van der Waals surface area contributed by atoms with Crippen LogP contribution in [0.1, 0.15) is 18.4 Å². The van der Waals surface area contributed by atoms with Crippen LogP contribution in [0.2, 0.25) is 0 Å². The molecular weight excluding hydrogens is 194 g/mol. The first-order valence-electron chi connectivity index (χ1n) is 4.69. The Labute approximate surface area is 85.9 Å². The van der Waals surface area contributed by atoms with Gasteiger partial charge in [0.05, 0.1) is 5.54 Å². The van der Waals surface area contributed by atoms with E-state index in [1.807, 2.05) is 0 Å². The Bertz CT molecular complexity index is 516. The third kappa shape index (κ3) is 2.00. The van der Waals surface area contributed by atoms with Crippen molar-refractivity contribution in [1.82, 2.24) is 15.3 Å². The number of nitrogens with one attached hydrogen (secondary N) is 3. The molecule has 1 aliphatic carbocycles. The van der Waals surface area contributed by atoms with Gasteiger partial charge >= 0.3 is 5.69 Å². The summed E-state index contributed by atoms with van der Waals surface area (Å²) in [6.45, 7) is 0.371. The molecule has 0 amide bonds. The number of aromatic amines is 2. The fraction of sp³-hybridized carbons (Fsp3) is 0.400. The molecule has 0 bridgehead atoms. The Morgan fingerprint density at radius 3 is 2.80 bits per heavy atom. The highest BCUT2D eigenvalue weighted by molar-refractivity contribution is 5.23. The molecular formula is C10H11N3O2. The van der Waals surface area contributed by atoms with Crippen molar-refractivity contribution >= 4 is 0 Å². The van der Waals surface area contributed by atoms with E-state index in [1.54, 1.807) is 0 Å². The van der Waals surface area contributed by atoms with Crippen molar-refractivity contribution in [3.8, 4) is 12.3 Å². The molecule has 1 aromatic heterocycles. The number of hydrogen-bond acceptors (Lipinski definition) is 3. The molecule has 1 saturated carbocycles. The van der Waals surface area contributed by atoms with Crippen LogP contribution in [0.5, 0.6) is 0 Å². The van der Waals surface area contributed by atoms with Crippen LogP contribution in [0.25, 0.3) is 0 Å². The molecule has 5 heteroatoms. The predicted molar refractivity (Wildman–Crippen MR) is 55.3 cm³/mol. The minimum absolute atomic E-state index is 0.234. The largest absolute Gasteiger partial charge is 0.325 e. The summed E-state index contributed by atoms with van der Waals surface area (Å²) in [5, 5.41) is 3.12. The second kappa shape index (κ2) is 3.41. The number of terminal acetylenes is 1. The lowest BCUT2D eigenvalue weighted by Crippen LogP contribution is -2.33. The van der Waals surface area contributed by atoms with Crippen LogP contribution in [0.15, 0.2) is 15.8 Å². The van der Waals surface area contributed by atoms with Crippen LogP contribution in [-0.2, 0) is 6.54 Å². The van der Waals surface area contributed by atoms with Gasteiger partial charge in [-0.1, -0.05) is 5.92 Å². The van der Waals surface area contributed by atoms with Gasteiger partial charge < -0.3 is 4.98 Å². The zero-order valence-electron chi connectivity index (χ0n) is 8.09. The summed E-state index contributed by atoms with van der Waals surface area (Å²) in [4.78, 5) is 26.6.